The number of nitrogens with zero attached hydrogens (tertiary/aromatic N) is 2. The van der Waals surface area contributed by atoms with Crippen LogP contribution in [0.25, 0.3) is 5.69 Å². The summed E-state index contributed by atoms with van der Waals surface area (Å²) in [5, 5.41) is 7.40. The van der Waals surface area contributed by atoms with Gasteiger partial charge in [0.2, 0.25) is 0 Å². The molecule has 3 aromatic carbocycles. The van der Waals surface area contributed by atoms with E-state index in [1.54, 1.807) is 25.1 Å². The third-order valence-electron chi connectivity index (χ3n) is 5.32. The maximum Gasteiger partial charge on any atom is 0.251 e. The number of benzene rings is 3. The van der Waals surface area contributed by atoms with Crippen molar-refractivity contribution in [2.45, 2.75) is 12.5 Å². The molecule has 0 aliphatic rings. The van der Waals surface area contributed by atoms with Gasteiger partial charge in [-0.3, -0.25) is 4.79 Å². The number of ether oxygens (including phenoxy) is 2. The molecule has 6 nitrogen and oxygen atoms in total. The second-order valence-electron chi connectivity index (χ2n) is 7.35. The number of carbonyl (C=O) groups is 1. The van der Waals surface area contributed by atoms with E-state index >= 15 is 0 Å². The van der Waals surface area contributed by atoms with Crippen LogP contribution in [-0.2, 0) is 6.42 Å². The fraction of sp³-hybridized carbons (Fsp3) is 0.154. The van der Waals surface area contributed by atoms with Crippen molar-refractivity contribution in [3.63, 3.8) is 0 Å². The van der Waals surface area contributed by atoms with Gasteiger partial charge in [0, 0.05) is 18.0 Å². The van der Waals surface area contributed by atoms with Crippen molar-refractivity contribution in [3.05, 3.63) is 108 Å². The van der Waals surface area contributed by atoms with Crippen LogP contribution in [0.3, 0.4) is 0 Å². The highest BCUT2D eigenvalue weighted by Crippen LogP contribution is 2.23. The van der Waals surface area contributed by atoms with Crippen molar-refractivity contribution < 1.29 is 14.3 Å². The maximum absolute atomic E-state index is 13.1. The molecule has 1 atom stereocenters. The Bertz CT molecular complexity index is 1140. The Morgan fingerprint density at radius 2 is 1.53 bits per heavy atom. The zero-order valence-electron chi connectivity index (χ0n) is 18.1. The van der Waals surface area contributed by atoms with Gasteiger partial charge in [-0.25, -0.2) is 4.68 Å². The van der Waals surface area contributed by atoms with E-state index in [0.29, 0.717) is 12.0 Å². The number of hydrogen-bond donors (Lipinski definition) is 1. The largest absolute Gasteiger partial charge is 0.497 e. The van der Waals surface area contributed by atoms with Crippen molar-refractivity contribution in [2.75, 3.05) is 14.2 Å². The van der Waals surface area contributed by atoms with Crippen LogP contribution in [-0.4, -0.2) is 29.9 Å². The van der Waals surface area contributed by atoms with Crippen LogP contribution >= 0.6 is 0 Å². The number of carbonyl (C=O) groups excluding carboxylic acids is 1. The lowest BCUT2D eigenvalue weighted by Gasteiger charge is -2.20. The highest BCUT2D eigenvalue weighted by Gasteiger charge is 2.17. The SMILES string of the molecule is COc1ccc(CC(NC(=O)c2ccc(-n3cccn3)cc2)c2ccc(OC)cc2)cc1. The van der Waals surface area contributed by atoms with Crippen molar-refractivity contribution in [2.24, 2.45) is 0 Å². The van der Waals surface area contributed by atoms with E-state index in [1.807, 2.05) is 85.1 Å². The standard InChI is InChI=1S/C26H25N3O3/c1-31-23-12-4-19(5-13-23)18-25(20-8-14-24(32-2)15-9-20)28-26(30)21-6-10-22(11-7-21)29-17-3-16-27-29/h3-17,25H,18H2,1-2H3,(H,28,30). The van der Waals surface area contributed by atoms with Crippen LogP contribution in [0, 0.1) is 0 Å². The lowest BCUT2D eigenvalue weighted by atomic mass is 9.98. The van der Waals surface area contributed by atoms with E-state index in [0.717, 1.165) is 28.3 Å². The minimum atomic E-state index is -0.201. The first-order valence-electron chi connectivity index (χ1n) is 10.3. The van der Waals surface area contributed by atoms with Gasteiger partial charge in [0.25, 0.3) is 5.91 Å². The number of hydrogen-bond acceptors (Lipinski definition) is 4. The van der Waals surface area contributed by atoms with Crippen molar-refractivity contribution in [3.8, 4) is 17.2 Å². The highest BCUT2D eigenvalue weighted by atomic mass is 16.5. The molecule has 1 N–H and O–H groups in total. The predicted molar refractivity (Wildman–Crippen MR) is 123 cm³/mol. The lowest BCUT2D eigenvalue weighted by Crippen LogP contribution is -2.30. The molecule has 0 aliphatic heterocycles. The number of rotatable bonds is 8. The molecule has 0 aliphatic carbocycles. The third-order valence-corrected chi connectivity index (χ3v) is 5.32. The molecule has 0 radical (unpaired) electrons. The average Bonchev–Trinajstić information content (AvgIpc) is 3.39. The smallest absolute Gasteiger partial charge is 0.251 e. The van der Waals surface area contributed by atoms with Gasteiger partial charge in [0.15, 0.2) is 0 Å². The van der Waals surface area contributed by atoms with E-state index in [2.05, 4.69) is 10.4 Å². The summed E-state index contributed by atoms with van der Waals surface area (Å²) in [5.41, 5.74) is 3.59. The van der Waals surface area contributed by atoms with Crippen LogP contribution in [0.2, 0.25) is 0 Å². The first kappa shape index (κ1) is 21.2. The van der Waals surface area contributed by atoms with Crippen LogP contribution in [0.15, 0.2) is 91.3 Å². The summed E-state index contributed by atoms with van der Waals surface area (Å²) in [4.78, 5) is 13.1. The zero-order chi connectivity index (χ0) is 22.3. The Kier molecular flexibility index (Phi) is 6.51. The first-order chi connectivity index (χ1) is 15.7. The summed E-state index contributed by atoms with van der Waals surface area (Å²) in [6, 6.07) is 24.7. The van der Waals surface area contributed by atoms with Gasteiger partial charge in [0.05, 0.1) is 25.9 Å². The highest BCUT2D eigenvalue weighted by molar-refractivity contribution is 5.94. The predicted octanol–water partition coefficient (Wildman–Crippen LogP) is 4.60. The molecule has 4 aromatic rings. The molecule has 32 heavy (non-hydrogen) atoms. The second-order valence-corrected chi connectivity index (χ2v) is 7.35. The summed E-state index contributed by atoms with van der Waals surface area (Å²) in [5.74, 6) is 1.44. The Morgan fingerprint density at radius 3 is 2.09 bits per heavy atom. The van der Waals surface area contributed by atoms with E-state index in [9.17, 15) is 4.79 Å². The van der Waals surface area contributed by atoms with E-state index in [4.69, 9.17) is 9.47 Å². The molecule has 0 saturated heterocycles. The zero-order valence-corrected chi connectivity index (χ0v) is 18.1. The Hall–Kier alpha value is -4.06. The van der Waals surface area contributed by atoms with E-state index in [1.165, 1.54) is 0 Å². The molecule has 1 aromatic heterocycles. The van der Waals surface area contributed by atoms with Crippen molar-refractivity contribution in [1.82, 2.24) is 15.1 Å². The molecular weight excluding hydrogens is 402 g/mol. The van der Waals surface area contributed by atoms with E-state index < -0.39 is 0 Å². The lowest BCUT2D eigenvalue weighted by molar-refractivity contribution is 0.0936. The van der Waals surface area contributed by atoms with Crippen LogP contribution in [0.4, 0.5) is 0 Å². The Morgan fingerprint density at radius 1 is 0.906 bits per heavy atom. The molecule has 0 fully saturated rings. The van der Waals surface area contributed by atoms with Gasteiger partial charge < -0.3 is 14.8 Å². The monoisotopic (exact) mass is 427 g/mol. The molecule has 0 spiro atoms. The van der Waals surface area contributed by atoms with Gasteiger partial charge in [-0.15, -0.1) is 0 Å². The number of methoxy groups -OCH3 is 2. The minimum Gasteiger partial charge on any atom is -0.497 e. The summed E-state index contributed by atoms with van der Waals surface area (Å²) in [6.45, 7) is 0. The molecule has 4 rings (SSSR count). The quantitative estimate of drug-likeness (QED) is 0.446. The Labute approximate surface area is 187 Å². The molecule has 0 bridgehead atoms. The fourth-order valence-electron chi connectivity index (χ4n) is 3.51. The van der Waals surface area contributed by atoms with Crippen LogP contribution in [0.5, 0.6) is 11.5 Å². The van der Waals surface area contributed by atoms with Crippen LogP contribution < -0.4 is 14.8 Å². The van der Waals surface area contributed by atoms with Crippen molar-refractivity contribution >= 4 is 5.91 Å². The molecular formula is C26H25N3O3. The Balaban J connectivity index is 1.54. The first-order valence-corrected chi connectivity index (χ1v) is 10.3. The third kappa shape index (κ3) is 4.98. The van der Waals surface area contributed by atoms with Crippen molar-refractivity contribution in [1.29, 1.82) is 0 Å². The van der Waals surface area contributed by atoms with Gasteiger partial charge in [0.1, 0.15) is 11.5 Å². The normalized spacial score (nSPS) is 11.6. The maximum atomic E-state index is 13.1. The molecule has 6 heteroatoms. The molecule has 1 heterocycles. The summed E-state index contributed by atoms with van der Waals surface area (Å²) in [6.07, 6.45) is 4.23. The summed E-state index contributed by atoms with van der Waals surface area (Å²) >= 11 is 0. The second kappa shape index (κ2) is 9.83. The number of nitrogens with one attached hydrogen (secondary N) is 1. The van der Waals surface area contributed by atoms with Gasteiger partial charge in [-0.2, -0.15) is 5.10 Å². The molecule has 1 amide bonds. The minimum absolute atomic E-state index is 0.133. The van der Waals surface area contributed by atoms with Gasteiger partial charge in [-0.05, 0) is 72.1 Å². The average molecular weight is 428 g/mol. The van der Waals surface area contributed by atoms with Gasteiger partial charge >= 0.3 is 0 Å². The number of aromatic nitrogens is 2. The molecule has 1 unspecified atom stereocenters. The van der Waals surface area contributed by atoms with Crippen LogP contribution in [0.1, 0.15) is 27.5 Å². The number of amides is 1. The van der Waals surface area contributed by atoms with E-state index in [-0.39, 0.29) is 11.9 Å². The summed E-state index contributed by atoms with van der Waals surface area (Å²) < 4.78 is 12.3. The molecule has 162 valence electrons. The fourth-order valence-corrected chi connectivity index (χ4v) is 3.51. The summed E-state index contributed by atoms with van der Waals surface area (Å²) in [7, 11) is 3.28. The topological polar surface area (TPSA) is 65.4 Å². The molecule has 0 saturated carbocycles. The van der Waals surface area contributed by atoms with Gasteiger partial charge in [-0.1, -0.05) is 24.3 Å².